The zero-order chi connectivity index (χ0) is 19.6. The molecule has 2 N–H and O–H groups in total. The molecule has 0 spiro atoms. The molecule has 0 aliphatic carbocycles. The fourth-order valence-corrected chi connectivity index (χ4v) is 2.37. The van der Waals surface area contributed by atoms with Crippen molar-refractivity contribution < 1.29 is 19.2 Å². The third kappa shape index (κ3) is 6.32. The van der Waals surface area contributed by atoms with E-state index in [0.717, 1.165) is 0 Å². The normalized spacial score (nSPS) is 10.1. The number of nitro benzene ring substituents is 1. The molecule has 27 heavy (non-hydrogen) atoms. The van der Waals surface area contributed by atoms with Crippen LogP contribution in [-0.2, 0) is 4.74 Å². The summed E-state index contributed by atoms with van der Waals surface area (Å²) in [6.45, 7) is 3.52. The van der Waals surface area contributed by atoms with Crippen LogP contribution < -0.4 is 15.4 Å². The Balaban J connectivity index is 1.90. The highest BCUT2D eigenvalue weighted by molar-refractivity contribution is 7.80. The molecule has 0 atom stereocenters. The highest BCUT2D eigenvalue weighted by Crippen LogP contribution is 2.18. The van der Waals surface area contributed by atoms with Gasteiger partial charge in [0.1, 0.15) is 17.9 Å². The minimum absolute atomic E-state index is 0.0307. The molecule has 0 fully saturated rings. The van der Waals surface area contributed by atoms with Crippen molar-refractivity contribution in [2.45, 2.75) is 6.92 Å². The number of rotatable bonds is 8. The van der Waals surface area contributed by atoms with Gasteiger partial charge < -0.3 is 14.8 Å². The van der Waals surface area contributed by atoms with E-state index < -0.39 is 10.8 Å². The molecule has 9 heteroatoms. The van der Waals surface area contributed by atoms with Crippen LogP contribution >= 0.6 is 12.2 Å². The van der Waals surface area contributed by atoms with Crippen molar-refractivity contribution in [3.63, 3.8) is 0 Å². The lowest BCUT2D eigenvalue weighted by Gasteiger charge is -2.11. The lowest BCUT2D eigenvalue weighted by molar-refractivity contribution is -0.385. The van der Waals surface area contributed by atoms with Crippen LogP contribution in [0.5, 0.6) is 5.75 Å². The molecule has 1 amide bonds. The number of nitrogens with one attached hydrogen (secondary N) is 2. The van der Waals surface area contributed by atoms with Crippen molar-refractivity contribution in [2.24, 2.45) is 0 Å². The maximum Gasteiger partial charge on any atom is 0.282 e. The molecule has 8 nitrogen and oxygen atoms in total. The van der Waals surface area contributed by atoms with Gasteiger partial charge in [-0.1, -0.05) is 12.1 Å². The van der Waals surface area contributed by atoms with Crippen LogP contribution in [-0.4, -0.2) is 35.8 Å². The Morgan fingerprint density at radius 3 is 2.52 bits per heavy atom. The molecule has 0 saturated heterocycles. The molecular formula is C18H19N3O5S. The van der Waals surface area contributed by atoms with E-state index in [9.17, 15) is 14.9 Å². The zero-order valence-electron chi connectivity index (χ0n) is 14.6. The van der Waals surface area contributed by atoms with Gasteiger partial charge in [-0.3, -0.25) is 20.2 Å². The number of carbonyl (C=O) groups excluding carboxylic acids is 1. The van der Waals surface area contributed by atoms with E-state index in [1.807, 2.05) is 6.92 Å². The summed E-state index contributed by atoms with van der Waals surface area (Å²) >= 11 is 5.09. The van der Waals surface area contributed by atoms with Gasteiger partial charge in [0, 0.05) is 18.4 Å². The van der Waals surface area contributed by atoms with Crippen molar-refractivity contribution in [1.82, 2.24) is 5.32 Å². The lowest BCUT2D eigenvalue weighted by Crippen LogP contribution is -2.34. The summed E-state index contributed by atoms with van der Waals surface area (Å²) in [4.78, 5) is 22.6. The van der Waals surface area contributed by atoms with Crippen molar-refractivity contribution in [3.05, 3.63) is 64.2 Å². The first-order valence-electron chi connectivity index (χ1n) is 8.17. The van der Waals surface area contributed by atoms with Crippen LogP contribution in [0.3, 0.4) is 0 Å². The van der Waals surface area contributed by atoms with Gasteiger partial charge in [0.15, 0.2) is 5.11 Å². The molecule has 0 heterocycles. The average Bonchev–Trinajstić information content (AvgIpc) is 2.66. The highest BCUT2D eigenvalue weighted by atomic mass is 32.1. The van der Waals surface area contributed by atoms with Gasteiger partial charge in [-0.15, -0.1) is 0 Å². The van der Waals surface area contributed by atoms with E-state index in [2.05, 4.69) is 10.6 Å². The molecular weight excluding hydrogens is 370 g/mol. The number of ether oxygens (including phenoxy) is 2. The van der Waals surface area contributed by atoms with Crippen LogP contribution in [0.4, 0.5) is 11.4 Å². The Bertz CT molecular complexity index is 811. The third-order valence-electron chi connectivity index (χ3n) is 3.39. The largest absolute Gasteiger partial charge is 0.491 e. The minimum atomic E-state index is -0.657. The Morgan fingerprint density at radius 1 is 1.15 bits per heavy atom. The number of anilines is 1. The van der Waals surface area contributed by atoms with E-state index in [4.69, 9.17) is 21.7 Å². The molecule has 0 radical (unpaired) electrons. The number of hydrogen-bond donors (Lipinski definition) is 2. The summed E-state index contributed by atoms with van der Waals surface area (Å²) in [5.41, 5.74) is 0.288. The summed E-state index contributed by atoms with van der Waals surface area (Å²) in [7, 11) is 0. The predicted molar refractivity (Wildman–Crippen MR) is 105 cm³/mol. The monoisotopic (exact) mass is 389 g/mol. The first-order valence-corrected chi connectivity index (χ1v) is 8.58. The van der Waals surface area contributed by atoms with E-state index in [0.29, 0.717) is 31.3 Å². The van der Waals surface area contributed by atoms with Crippen LogP contribution in [0.15, 0.2) is 48.5 Å². The van der Waals surface area contributed by atoms with Gasteiger partial charge in [-0.05, 0) is 49.5 Å². The molecule has 2 aromatic rings. The Hall–Kier alpha value is -3.04. The maximum atomic E-state index is 12.2. The van der Waals surface area contributed by atoms with Gasteiger partial charge >= 0.3 is 0 Å². The molecule has 2 aromatic carbocycles. The number of benzene rings is 2. The molecule has 0 bridgehead atoms. The molecule has 0 aliphatic rings. The second kappa shape index (κ2) is 10.2. The molecule has 0 unspecified atom stereocenters. The molecule has 0 aromatic heterocycles. The van der Waals surface area contributed by atoms with Gasteiger partial charge in [0.05, 0.1) is 11.5 Å². The Kier molecular flexibility index (Phi) is 7.65. The van der Waals surface area contributed by atoms with Crippen molar-refractivity contribution in [3.8, 4) is 5.75 Å². The van der Waals surface area contributed by atoms with Gasteiger partial charge in [-0.25, -0.2) is 0 Å². The van der Waals surface area contributed by atoms with E-state index >= 15 is 0 Å². The van der Waals surface area contributed by atoms with Crippen LogP contribution in [0, 0.1) is 10.1 Å². The molecule has 0 aliphatic heterocycles. The highest BCUT2D eigenvalue weighted by Gasteiger charge is 2.19. The average molecular weight is 389 g/mol. The second-order valence-corrected chi connectivity index (χ2v) is 5.66. The predicted octanol–water partition coefficient (Wildman–Crippen LogP) is 3.14. The fourth-order valence-electron chi connectivity index (χ4n) is 2.15. The first-order chi connectivity index (χ1) is 13.0. The van der Waals surface area contributed by atoms with Crippen LogP contribution in [0.1, 0.15) is 17.3 Å². The molecule has 142 valence electrons. The molecule has 2 rings (SSSR count). The number of hydrogen-bond acceptors (Lipinski definition) is 6. The first kappa shape index (κ1) is 20.3. The minimum Gasteiger partial charge on any atom is -0.491 e. The number of amides is 1. The van der Waals surface area contributed by atoms with Crippen LogP contribution in [0.25, 0.3) is 0 Å². The van der Waals surface area contributed by atoms with E-state index in [1.54, 1.807) is 30.3 Å². The van der Waals surface area contributed by atoms with Crippen LogP contribution in [0.2, 0.25) is 0 Å². The third-order valence-corrected chi connectivity index (χ3v) is 3.59. The van der Waals surface area contributed by atoms with Crippen molar-refractivity contribution in [2.75, 3.05) is 25.1 Å². The number of nitro groups is 1. The number of thiocarbonyl (C=S) groups is 1. The second-order valence-electron chi connectivity index (χ2n) is 5.25. The molecule has 0 saturated carbocycles. The number of carbonyl (C=O) groups is 1. The Morgan fingerprint density at radius 2 is 1.85 bits per heavy atom. The number of para-hydroxylation sites is 1. The summed E-state index contributed by atoms with van der Waals surface area (Å²) in [6, 6.07) is 12.6. The Labute approximate surface area is 161 Å². The lowest BCUT2D eigenvalue weighted by atomic mass is 10.1. The summed E-state index contributed by atoms with van der Waals surface area (Å²) in [6.07, 6.45) is 0. The fraction of sp³-hybridized carbons (Fsp3) is 0.222. The van der Waals surface area contributed by atoms with Crippen molar-refractivity contribution >= 4 is 34.6 Å². The smallest absolute Gasteiger partial charge is 0.282 e. The summed E-state index contributed by atoms with van der Waals surface area (Å²) < 4.78 is 10.7. The summed E-state index contributed by atoms with van der Waals surface area (Å²) in [5.74, 6) is 0.0193. The standard InChI is InChI=1S/C18H19N3O5S/c1-2-25-11-12-26-14-9-7-13(8-10-14)19-18(27)20-17(22)15-5-3-4-6-16(15)21(23)24/h3-10H,2,11-12H2,1H3,(H2,19,20,22,27). The topological polar surface area (TPSA) is 103 Å². The SMILES string of the molecule is CCOCCOc1ccc(NC(=S)NC(=O)c2ccccc2[N+](=O)[O-])cc1. The van der Waals surface area contributed by atoms with Gasteiger partial charge in [0.2, 0.25) is 0 Å². The number of nitrogens with zero attached hydrogens (tertiary/aromatic N) is 1. The van der Waals surface area contributed by atoms with E-state index in [-0.39, 0.29) is 16.4 Å². The quantitative estimate of drug-likeness (QED) is 0.309. The van der Waals surface area contributed by atoms with Gasteiger partial charge in [-0.2, -0.15) is 0 Å². The van der Waals surface area contributed by atoms with Crippen molar-refractivity contribution in [1.29, 1.82) is 0 Å². The van der Waals surface area contributed by atoms with E-state index in [1.165, 1.54) is 18.2 Å². The van der Waals surface area contributed by atoms with Gasteiger partial charge in [0.25, 0.3) is 11.6 Å². The maximum absolute atomic E-state index is 12.2. The summed E-state index contributed by atoms with van der Waals surface area (Å²) in [5, 5.41) is 16.3. The zero-order valence-corrected chi connectivity index (χ0v) is 15.5.